The first-order valence-corrected chi connectivity index (χ1v) is 5.72. The molecule has 0 spiro atoms. The maximum atomic E-state index is 10.5. The summed E-state index contributed by atoms with van der Waals surface area (Å²) >= 11 is 0. The molecule has 0 aromatic heterocycles. The molecule has 0 aromatic rings. The van der Waals surface area contributed by atoms with E-state index in [1.807, 2.05) is 20.8 Å². The molecular weight excluding hydrogens is 188 g/mol. The molecule has 0 unspecified atom stereocenters. The van der Waals surface area contributed by atoms with Crippen LogP contribution in [-0.4, -0.2) is 11.6 Å². The Balaban J connectivity index is 0. The van der Waals surface area contributed by atoms with Crippen LogP contribution in [0.25, 0.3) is 0 Å². The molecule has 0 atom stereocenters. The lowest BCUT2D eigenvalue weighted by atomic mass is 10.2. The van der Waals surface area contributed by atoms with Crippen molar-refractivity contribution in [3.63, 3.8) is 0 Å². The highest BCUT2D eigenvalue weighted by molar-refractivity contribution is 5.81. The van der Waals surface area contributed by atoms with Crippen molar-refractivity contribution in [1.82, 2.24) is 0 Å². The summed E-state index contributed by atoms with van der Waals surface area (Å²) in [5.41, 5.74) is -0.398. The standard InChI is InChI=1S/C7H12O2.C6H14/c1-5-6(8)9-7(2,3)4;1-3-5-6-4-2/h5H,1H2,2-4H3;3-6H2,1-2H3. The highest BCUT2D eigenvalue weighted by Gasteiger charge is 2.12. The quantitative estimate of drug-likeness (QED) is 0.400. The Kier molecular flexibility index (Phi) is 10.8. The van der Waals surface area contributed by atoms with Crippen molar-refractivity contribution >= 4 is 5.97 Å². The summed E-state index contributed by atoms with van der Waals surface area (Å²) in [4.78, 5) is 10.5. The number of esters is 1. The van der Waals surface area contributed by atoms with E-state index in [9.17, 15) is 4.79 Å². The highest BCUT2D eigenvalue weighted by Crippen LogP contribution is 2.06. The minimum Gasteiger partial charge on any atom is -0.457 e. The first kappa shape index (κ1) is 16.6. The second-order valence-corrected chi connectivity index (χ2v) is 4.44. The van der Waals surface area contributed by atoms with Gasteiger partial charge < -0.3 is 4.74 Å². The molecule has 15 heavy (non-hydrogen) atoms. The molecule has 0 aromatic carbocycles. The van der Waals surface area contributed by atoms with Crippen LogP contribution in [0.2, 0.25) is 0 Å². The molecule has 0 heterocycles. The van der Waals surface area contributed by atoms with Gasteiger partial charge in [-0.1, -0.05) is 46.1 Å². The molecule has 0 aliphatic carbocycles. The predicted molar refractivity (Wildman–Crippen MR) is 65.9 cm³/mol. The molecule has 0 radical (unpaired) electrons. The fraction of sp³-hybridized carbons (Fsp3) is 0.769. The number of carbonyl (C=O) groups is 1. The SMILES string of the molecule is C=CC(=O)OC(C)(C)C.CCCCCC. The fourth-order valence-electron chi connectivity index (χ4n) is 0.843. The summed E-state index contributed by atoms with van der Waals surface area (Å²) < 4.78 is 4.83. The summed E-state index contributed by atoms with van der Waals surface area (Å²) in [6, 6.07) is 0. The molecule has 0 N–H and O–H groups in total. The molecule has 0 amide bonds. The van der Waals surface area contributed by atoms with Gasteiger partial charge in [-0.25, -0.2) is 4.79 Å². The summed E-state index contributed by atoms with van der Waals surface area (Å²) in [7, 11) is 0. The molecule has 2 nitrogen and oxygen atoms in total. The number of rotatable bonds is 4. The van der Waals surface area contributed by atoms with E-state index in [0.717, 1.165) is 6.08 Å². The maximum Gasteiger partial charge on any atom is 0.330 e. The van der Waals surface area contributed by atoms with Crippen molar-refractivity contribution in [2.45, 2.75) is 65.9 Å². The maximum absolute atomic E-state index is 10.5. The zero-order valence-corrected chi connectivity index (χ0v) is 10.9. The van der Waals surface area contributed by atoms with Gasteiger partial charge in [-0.2, -0.15) is 0 Å². The smallest absolute Gasteiger partial charge is 0.330 e. The van der Waals surface area contributed by atoms with Crippen LogP contribution in [-0.2, 0) is 9.53 Å². The van der Waals surface area contributed by atoms with Gasteiger partial charge in [0.05, 0.1) is 0 Å². The van der Waals surface area contributed by atoms with Crippen molar-refractivity contribution in [1.29, 1.82) is 0 Å². The Morgan fingerprint density at radius 1 is 1.20 bits per heavy atom. The van der Waals surface area contributed by atoms with Crippen molar-refractivity contribution in [2.24, 2.45) is 0 Å². The largest absolute Gasteiger partial charge is 0.457 e. The number of unbranched alkanes of at least 4 members (excludes halogenated alkanes) is 3. The van der Waals surface area contributed by atoms with Gasteiger partial charge in [0.25, 0.3) is 0 Å². The second kappa shape index (κ2) is 9.75. The topological polar surface area (TPSA) is 26.3 Å². The predicted octanol–water partition coefficient (Wildman–Crippen LogP) is 4.10. The van der Waals surface area contributed by atoms with Crippen LogP contribution in [0.5, 0.6) is 0 Å². The number of ether oxygens (including phenoxy) is 1. The van der Waals surface area contributed by atoms with Crippen LogP contribution >= 0.6 is 0 Å². The van der Waals surface area contributed by atoms with Gasteiger partial charge in [-0.05, 0) is 20.8 Å². The van der Waals surface area contributed by atoms with Crippen LogP contribution < -0.4 is 0 Å². The van der Waals surface area contributed by atoms with E-state index in [1.54, 1.807) is 0 Å². The summed E-state index contributed by atoms with van der Waals surface area (Å²) in [5, 5.41) is 0. The third-order valence-electron chi connectivity index (χ3n) is 1.53. The Labute approximate surface area is 94.7 Å². The zero-order valence-electron chi connectivity index (χ0n) is 10.9. The molecule has 90 valence electrons. The van der Waals surface area contributed by atoms with Crippen LogP contribution in [0.1, 0.15) is 60.3 Å². The average Bonchev–Trinajstić information content (AvgIpc) is 2.13. The first-order valence-electron chi connectivity index (χ1n) is 5.72. The van der Waals surface area contributed by atoms with E-state index in [4.69, 9.17) is 4.74 Å². The number of carbonyl (C=O) groups excluding carboxylic acids is 1. The van der Waals surface area contributed by atoms with Crippen LogP contribution in [0.3, 0.4) is 0 Å². The van der Waals surface area contributed by atoms with Gasteiger partial charge in [0.15, 0.2) is 0 Å². The van der Waals surface area contributed by atoms with Crippen LogP contribution in [0, 0.1) is 0 Å². The van der Waals surface area contributed by atoms with Gasteiger partial charge in [0.2, 0.25) is 0 Å². The molecule has 0 fully saturated rings. The van der Waals surface area contributed by atoms with Crippen molar-refractivity contribution in [3.8, 4) is 0 Å². The van der Waals surface area contributed by atoms with Crippen molar-refractivity contribution in [2.75, 3.05) is 0 Å². The normalized spacial score (nSPS) is 9.93. The molecule has 2 heteroatoms. The number of hydrogen-bond donors (Lipinski definition) is 0. The molecule has 0 saturated heterocycles. The Morgan fingerprint density at radius 2 is 1.60 bits per heavy atom. The minimum atomic E-state index is -0.398. The Bertz CT molecular complexity index is 162. The van der Waals surface area contributed by atoms with E-state index in [0.29, 0.717) is 0 Å². The average molecular weight is 214 g/mol. The Hall–Kier alpha value is -0.790. The van der Waals surface area contributed by atoms with Gasteiger partial charge in [-0.15, -0.1) is 0 Å². The van der Waals surface area contributed by atoms with E-state index < -0.39 is 5.60 Å². The summed E-state index contributed by atoms with van der Waals surface area (Å²) in [6.45, 7) is 13.2. The minimum absolute atomic E-state index is 0.373. The second-order valence-electron chi connectivity index (χ2n) is 4.44. The van der Waals surface area contributed by atoms with Gasteiger partial charge in [-0.3, -0.25) is 0 Å². The summed E-state index contributed by atoms with van der Waals surface area (Å²) in [6.07, 6.45) is 6.69. The first-order chi connectivity index (χ1) is 6.87. The molecular formula is C13H26O2. The molecule has 0 saturated carbocycles. The van der Waals surface area contributed by atoms with Crippen molar-refractivity contribution < 1.29 is 9.53 Å². The van der Waals surface area contributed by atoms with Crippen LogP contribution in [0.4, 0.5) is 0 Å². The lowest BCUT2D eigenvalue weighted by Gasteiger charge is -2.17. The van der Waals surface area contributed by atoms with Crippen molar-refractivity contribution in [3.05, 3.63) is 12.7 Å². The fourth-order valence-corrected chi connectivity index (χ4v) is 0.843. The summed E-state index contributed by atoms with van der Waals surface area (Å²) in [5.74, 6) is -0.373. The van der Waals surface area contributed by atoms with Gasteiger partial charge in [0.1, 0.15) is 5.60 Å². The molecule has 0 aliphatic rings. The third-order valence-corrected chi connectivity index (χ3v) is 1.53. The number of hydrogen-bond acceptors (Lipinski definition) is 2. The third kappa shape index (κ3) is 19.6. The zero-order chi connectivity index (χ0) is 12.3. The van der Waals surface area contributed by atoms with Gasteiger partial charge >= 0.3 is 5.97 Å². The van der Waals surface area contributed by atoms with E-state index in [1.165, 1.54) is 25.7 Å². The monoisotopic (exact) mass is 214 g/mol. The van der Waals surface area contributed by atoms with Gasteiger partial charge in [0, 0.05) is 6.08 Å². The highest BCUT2D eigenvalue weighted by atomic mass is 16.6. The lowest BCUT2D eigenvalue weighted by molar-refractivity contribution is -0.148. The van der Waals surface area contributed by atoms with E-state index in [2.05, 4.69) is 20.4 Å². The van der Waals surface area contributed by atoms with Crippen LogP contribution in [0.15, 0.2) is 12.7 Å². The molecule has 0 bridgehead atoms. The van der Waals surface area contributed by atoms with E-state index >= 15 is 0 Å². The Morgan fingerprint density at radius 3 is 1.73 bits per heavy atom. The molecule has 0 rings (SSSR count). The van der Waals surface area contributed by atoms with E-state index in [-0.39, 0.29) is 5.97 Å². The lowest BCUT2D eigenvalue weighted by Crippen LogP contribution is -2.22. The molecule has 0 aliphatic heterocycles.